The molecule has 2 amide bonds. The van der Waals surface area contributed by atoms with Crippen LogP contribution in [0.3, 0.4) is 0 Å². The second-order valence-electron chi connectivity index (χ2n) is 8.72. The number of allylic oxidation sites excluding steroid dienone is 1. The molecule has 1 fully saturated rings. The monoisotopic (exact) mass is 439 g/mol. The number of carbonyl (C=O) groups is 2. The normalized spacial score (nSPS) is 15.0. The SMILES string of the molecule is CC(C)=CCN1CCC(NC(=O)c2ccsc2NC(=O)c2ccc(C(C)C)cc2)CC1. The van der Waals surface area contributed by atoms with Gasteiger partial charge in [-0.15, -0.1) is 11.3 Å². The molecule has 0 aliphatic carbocycles. The maximum Gasteiger partial charge on any atom is 0.256 e. The van der Waals surface area contributed by atoms with E-state index in [4.69, 9.17) is 0 Å². The lowest BCUT2D eigenvalue weighted by Gasteiger charge is -2.31. The lowest BCUT2D eigenvalue weighted by Crippen LogP contribution is -2.44. The summed E-state index contributed by atoms with van der Waals surface area (Å²) in [5.74, 6) is 0.109. The molecule has 2 aromatic rings. The first-order valence-electron chi connectivity index (χ1n) is 11.0. The number of rotatable bonds is 7. The molecular weight excluding hydrogens is 406 g/mol. The number of amides is 2. The minimum absolute atomic E-state index is 0.116. The van der Waals surface area contributed by atoms with Crippen LogP contribution in [-0.2, 0) is 0 Å². The number of likely N-dealkylation sites (tertiary alicyclic amines) is 1. The molecule has 166 valence electrons. The van der Waals surface area contributed by atoms with Gasteiger partial charge in [0.05, 0.1) is 5.56 Å². The molecule has 2 N–H and O–H groups in total. The van der Waals surface area contributed by atoms with Crippen molar-refractivity contribution in [3.8, 4) is 0 Å². The summed E-state index contributed by atoms with van der Waals surface area (Å²) in [4.78, 5) is 27.9. The Morgan fingerprint density at radius 2 is 1.77 bits per heavy atom. The summed E-state index contributed by atoms with van der Waals surface area (Å²) in [7, 11) is 0. The number of nitrogens with one attached hydrogen (secondary N) is 2. The van der Waals surface area contributed by atoms with Gasteiger partial charge < -0.3 is 10.6 Å². The Morgan fingerprint density at radius 1 is 1.10 bits per heavy atom. The third-order valence-corrected chi connectivity index (χ3v) is 6.49. The standard InChI is InChI=1S/C25H33N3O2S/c1-17(2)9-13-28-14-10-21(11-15-28)26-24(30)22-12-16-31-25(22)27-23(29)20-7-5-19(6-8-20)18(3)4/h5-9,12,16,18,21H,10-11,13-15H2,1-4H3,(H,26,30)(H,27,29). The fourth-order valence-corrected chi connectivity index (χ4v) is 4.39. The molecule has 0 saturated carbocycles. The van der Waals surface area contributed by atoms with Crippen LogP contribution in [0.15, 0.2) is 47.4 Å². The molecular formula is C25H33N3O2S. The highest BCUT2D eigenvalue weighted by molar-refractivity contribution is 7.14. The molecule has 1 aromatic carbocycles. The smallest absolute Gasteiger partial charge is 0.256 e. The van der Waals surface area contributed by atoms with Gasteiger partial charge in [0.25, 0.3) is 11.8 Å². The van der Waals surface area contributed by atoms with Gasteiger partial charge in [-0.05, 0) is 61.7 Å². The average molecular weight is 440 g/mol. The van der Waals surface area contributed by atoms with Crippen LogP contribution in [0.2, 0.25) is 0 Å². The predicted octanol–water partition coefficient (Wildman–Crippen LogP) is 5.28. The van der Waals surface area contributed by atoms with Crippen molar-refractivity contribution in [2.75, 3.05) is 25.0 Å². The first-order chi connectivity index (χ1) is 14.8. The molecule has 0 atom stereocenters. The second kappa shape index (κ2) is 10.7. The maximum atomic E-state index is 12.9. The number of nitrogens with zero attached hydrogens (tertiary/aromatic N) is 1. The van der Waals surface area contributed by atoms with Crippen molar-refractivity contribution in [3.05, 3.63) is 64.1 Å². The van der Waals surface area contributed by atoms with Gasteiger partial charge >= 0.3 is 0 Å². The van der Waals surface area contributed by atoms with E-state index in [2.05, 4.69) is 49.3 Å². The highest BCUT2D eigenvalue weighted by atomic mass is 32.1. The average Bonchev–Trinajstić information content (AvgIpc) is 3.21. The molecule has 0 spiro atoms. The topological polar surface area (TPSA) is 61.4 Å². The van der Waals surface area contributed by atoms with E-state index < -0.39 is 0 Å². The number of hydrogen-bond donors (Lipinski definition) is 2. The van der Waals surface area contributed by atoms with Crippen molar-refractivity contribution in [3.63, 3.8) is 0 Å². The second-order valence-corrected chi connectivity index (χ2v) is 9.64. The van der Waals surface area contributed by atoms with Crippen LogP contribution in [-0.4, -0.2) is 42.4 Å². The van der Waals surface area contributed by atoms with Gasteiger partial charge in [0, 0.05) is 31.2 Å². The number of carbonyl (C=O) groups excluding carboxylic acids is 2. The van der Waals surface area contributed by atoms with E-state index in [0.29, 0.717) is 22.0 Å². The van der Waals surface area contributed by atoms with Gasteiger partial charge in [0.1, 0.15) is 5.00 Å². The Bertz CT molecular complexity index is 918. The van der Waals surface area contributed by atoms with Crippen molar-refractivity contribution >= 4 is 28.2 Å². The Labute approximate surface area is 189 Å². The quantitative estimate of drug-likeness (QED) is 0.577. The Morgan fingerprint density at radius 3 is 2.39 bits per heavy atom. The molecule has 0 unspecified atom stereocenters. The van der Waals surface area contributed by atoms with E-state index >= 15 is 0 Å². The highest BCUT2D eigenvalue weighted by Gasteiger charge is 2.23. The zero-order valence-corrected chi connectivity index (χ0v) is 19.7. The Balaban J connectivity index is 1.55. The van der Waals surface area contributed by atoms with Crippen LogP contribution in [0, 0.1) is 0 Å². The zero-order chi connectivity index (χ0) is 22.4. The molecule has 3 rings (SSSR count). The Hall–Kier alpha value is -2.44. The molecule has 1 aromatic heterocycles. The molecule has 1 aliphatic heterocycles. The van der Waals surface area contributed by atoms with E-state index in [-0.39, 0.29) is 17.9 Å². The maximum absolute atomic E-state index is 12.9. The van der Waals surface area contributed by atoms with Gasteiger partial charge in [0.2, 0.25) is 0 Å². The molecule has 1 aliphatic rings. The zero-order valence-electron chi connectivity index (χ0n) is 18.9. The summed E-state index contributed by atoms with van der Waals surface area (Å²) in [6.45, 7) is 11.4. The molecule has 6 heteroatoms. The third kappa shape index (κ3) is 6.52. The molecule has 0 radical (unpaired) electrons. The number of thiophene rings is 1. The van der Waals surface area contributed by atoms with Crippen LogP contribution in [0.1, 0.15) is 72.7 Å². The third-order valence-electron chi connectivity index (χ3n) is 5.66. The lowest BCUT2D eigenvalue weighted by atomic mass is 10.0. The summed E-state index contributed by atoms with van der Waals surface area (Å²) in [6.07, 6.45) is 4.13. The number of anilines is 1. The van der Waals surface area contributed by atoms with Crippen molar-refractivity contribution in [2.45, 2.75) is 52.5 Å². The van der Waals surface area contributed by atoms with E-state index in [1.807, 2.05) is 29.6 Å². The predicted molar refractivity (Wildman–Crippen MR) is 129 cm³/mol. The van der Waals surface area contributed by atoms with E-state index in [1.54, 1.807) is 6.07 Å². The van der Waals surface area contributed by atoms with Crippen LogP contribution in [0.25, 0.3) is 0 Å². The fraction of sp³-hybridized carbons (Fsp3) is 0.440. The van der Waals surface area contributed by atoms with Crippen LogP contribution >= 0.6 is 11.3 Å². The van der Waals surface area contributed by atoms with Crippen molar-refractivity contribution in [1.29, 1.82) is 0 Å². The van der Waals surface area contributed by atoms with Crippen molar-refractivity contribution < 1.29 is 9.59 Å². The summed E-state index contributed by atoms with van der Waals surface area (Å²) in [5, 5.41) is 8.50. The molecule has 1 saturated heterocycles. The fourth-order valence-electron chi connectivity index (χ4n) is 3.61. The molecule has 0 bridgehead atoms. The van der Waals surface area contributed by atoms with Gasteiger partial charge in [-0.1, -0.05) is 37.6 Å². The van der Waals surface area contributed by atoms with Gasteiger partial charge in [-0.25, -0.2) is 0 Å². The first-order valence-corrected chi connectivity index (χ1v) is 11.9. The van der Waals surface area contributed by atoms with E-state index in [0.717, 1.165) is 32.5 Å². The van der Waals surface area contributed by atoms with Crippen molar-refractivity contribution in [2.24, 2.45) is 0 Å². The van der Waals surface area contributed by atoms with Crippen LogP contribution in [0.5, 0.6) is 0 Å². The van der Waals surface area contributed by atoms with E-state index in [9.17, 15) is 9.59 Å². The molecule has 31 heavy (non-hydrogen) atoms. The molecule has 2 heterocycles. The molecule has 5 nitrogen and oxygen atoms in total. The summed E-state index contributed by atoms with van der Waals surface area (Å²) < 4.78 is 0. The van der Waals surface area contributed by atoms with Gasteiger partial charge in [-0.2, -0.15) is 0 Å². The van der Waals surface area contributed by atoms with Gasteiger partial charge in [-0.3, -0.25) is 14.5 Å². The Kier molecular flexibility index (Phi) is 8.04. The number of benzene rings is 1. The van der Waals surface area contributed by atoms with Gasteiger partial charge in [0.15, 0.2) is 0 Å². The summed E-state index contributed by atoms with van der Waals surface area (Å²) in [6, 6.07) is 9.57. The minimum atomic E-state index is -0.195. The van der Waals surface area contributed by atoms with Crippen LogP contribution < -0.4 is 10.6 Å². The summed E-state index contributed by atoms with van der Waals surface area (Å²) in [5.41, 5.74) is 3.65. The van der Waals surface area contributed by atoms with Crippen LogP contribution in [0.4, 0.5) is 5.00 Å². The highest BCUT2D eigenvalue weighted by Crippen LogP contribution is 2.25. The summed E-state index contributed by atoms with van der Waals surface area (Å²) >= 11 is 1.37. The minimum Gasteiger partial charge on any atom is -0.349 e. The van der Waals surface area contributed by atoms with E-state index in [1.165, 1.54) is 22.5 Å². The van der Waals surface area contributed by atoms with Crippen molar-refractivity contribution in [1.82, 2.24) is 10.2 Å². The lowest BCUT2D eigenvalue weighted by molar-refractivity contribution is 0.0915. The first kappa shape index (κ1) is 23.2. The number of hydrogen-bond acceptors (Lipinski definition) is 4. The number of piperidine rings is 1. The largest absolute Gasteiger partial charge is 0.349 e.